The summed E-state index contributed by atoms with van der Waals surface area (Å²) in [6.07, 6.45) is 6.41. The standard InChI is InChI=1S/C14H30N2O/c1-4-13-7-6-9-16(10-8-13)14(5-2,11-15)12-17-3/h13H,4-12,15H2,1-3H3. The van der Waals surface area contributed by atoms with Crippen molar-refractivity contribution in [2.45, 2.75) is 51.5 Å². The average molecular weight is 242 g/mol. The van der Waals surface area contributed by atoms with E-state index in [-0.39, 0.29) is 5.54 Å². The zero-order chi connectivity index (χ0) is 12.7. The lowest BCUT2D eigenvalue weighted by Gasteiger charge is -2.42. The molecular weight excluding hydrogens is 212 g/mol. The van der Waals surface area contributed by atoms with Crippen molar-refractivity contribution < 1.29 is 4.74 Å². The molecule has 1 heterocycles. The maximum absolute atomic E-state index is 6.03. The number of nitrogens with two attached hydrogens (primary N) is 1. The van der Waals surface area contributed by atoms with E-state index >= 15 is 0 Å². The summed E-state index contributed by atoms with van der Waals surface area (Å²) >= 11 is 0. The molecule has 0 bridgehead atoms. The molecule has 1 aliphatic heterocycles. The second-order valence-corrected chi connectivity index (χ2v) is 5.41. The van der Waals surface area contributed by atoms with Gasteiger partial charge in [0, 0.05) is 13.7 Å². The first-order chi connectivity index (χ1) is 8.22. The van der Waals surface area contributed by atoms with Gasteiger partial charge in [0.05, 0.1) is 12.1 Å². The van der Waals surface area contributed by atoms with Gasteiger partial charge in [-0.25, -0.2) is 0 Å². The van der Waals surface area contributed by atoms with E-state index in [2.05, 4.69) is 18.7 Å². The van der Waals surface area contributed by atoms with Crippen molar-refractivity contribution in [2.24, 2.45) is 11.7 Å². The molecule has 3 nitrogen and oxygen atoms in total. The number of rotatable bonds is 6. The van der Waals surface area contributed by atoms with E-state index in [1.165, 1.54) is 38.8 Å². The van der Waals surface area contributed by atoms with Crippen molar-refractivity contribution >= 4 is 0 Å². The molecule has 1 saturated heterocycles. The van der Waals surface area contributed by atoms with Crippen LogP contribution in [0.5, 0.6) is 0 Å². The van der Waals surface area contributed by atoms with Crippen LogP contribution in [0.25, 0.3) is 0 Å². The van der Waals surface area contributed by atoms with Gasteiger partial charge in [0.2, 0.25) is 0 Å². The van der Waals surface area contributed by atoms with E-state index in [4.69, 9.17) is 10.5 Å². The predicted molar refractivity (Wildman–Crippen MR) is 73.2 cm³/mol. The van der Waals surface area contributed by atoms with E-state index in [0.29, 0.717) is 6.54 Å². The Hall–Kier alpha value is -0.120. The summed E-state index contributed by atoms with van der Waals surface area (Å²) in [5.74, 6) is 0.912. The molecule has 2 unspecified atom stereocenters. The quantitative estimate of drug-likeness (QED) is 0.776. The minimum absolute atomic E-state index is 0.0668. The lowest BCUT2D eigenvalue weighted by molar-refractivity contribution is 0.0131. The van der Waals surface area contributed by atoms with E-state index in [1.807, 2.05) is 0 Å². The fourth-order valence-electron chi connectivity index (χ4n) is 3.07. The third kappa shape index (κ3) is 3.67. The number of hydrogen-bond donors (Lipinski definition) is 1. The molecule has 0 saturated carbocycles. The van der Waals surface area contributed by atoms with Gasteiger partial charge < -0.3 is 10.5 Å². The van der Waals surface area contributed by atoms with Gasteiger partial charge in [-0.1, -0.05) is 20.3 Å². The topological polar surface area (TPSA) is 38.5 Å². The van der Waals surface area contributed by atoms with Crippen LogP contribution in [-0.4, -0.2) is 43.8 Å². The Morgan fingerprint density at radius 1 is 1.29 bits per heavy atom. The third-order valence-electron chi connectivity index (χ3n) is 4.55. The molecule has 0 aromatic carbocycles. The van der Waals surface area contributed by atoms with Crippen LogP contribution in [0, 0.1) is 5.92 Å². The maximum atomic E-state index is 6.03. The van der Waals surface area contributed by atoms with Crippen LogP contribution >= 0.6 is 0 Å². The first-order valence-corrected chi connectivity index (χ1v) is 7.16. The first kappa shape index (κ1) is 14.9. The summed E-state index contributed by atoms with van der Waals surface area (Å²) < 4.78 is 5.41. The second kappa shape index (κ2) is 7.34. The monoisotopic (exact) mass is 242 g/mol. The number of likely N-dealkylation sites (tertiary alicyclic amines) is 1. The first-order valence-electron chi connectivity index (χ1n) is 7.16. The van der Waals surface area contributed by atoms with Crippen molar-refractivity contribution in [3.63, 3.8) is 0 Å². The van der Waals surface area contributed by atoms with Crippen molar-refractivity contribution in [3.8, 4) is 0 Å². The Kier molecular flexibility index (Phi) is 6.45. The van der Waals surface area contributed by atoms with Crippen LogP contribution in [0.15, 0.2) is 0 Å². The minimum Gasteiger partial charge on any atom is -0.383 e. The van der Waals surface area contributed by atoms with Gasteiger partial charge in [-0.15, -0.1) is 0 Å². The summed E-state index contributed by atoms with van der Waals surface area (Å²) in [5, 5.41) is 0. The van der Waals surface area contributed by atoms with Crippen LogP contribution in [-0.2, 0) is 4.74 Å². The highest BCUT2D eigenvalue weighted by Gasteiger charge is 2.34. The maximum Gasteiger partial charge on any atom is 0.0658 e. The Morgan fingerprint density at radius 3 is 2.59 bits per heavy atom. The fraction of sp³-hybridized carbons (Fsp3) is 1.00. The lowest BCUT2D eigenvalue weighted by Crippen LogP contribution is -2.56. The smallest absolute Gasteiger partial charge is 0.0658 e. The van der Waals surface area contributed by atoms with Crippen molar-refractivity contribution in [1.29, 1.82) is 0 Å². The summed E-state index contributed by atoms with van der Waals surface area (Å²) in [4.78, 5) is 2.59. The molecule has 102 valence electrons. The van der Waals surface area contributed by atoms with Crippen LogP contribution < -0.4 is 5.73 Å². The molecule has 0 aromatic heterocycles. The van der Waals surface area contributed by atoms with Crippen LogP contribution in [0.2, 0.25) is 0 Å². The molecule has 0 aromatic rings. The second-order valence-electron chi connectivity index (χ2n) is 5.41. The molecule has 1 rings (SSSR count). The number of methoxy groups -OCH3 is 1. The van der Waals surface area contributed by atoms with E-state index in [9.17, 15) is 0 Å². The highest BCUT2D eigenvalue weighted by Crippen LogP contribution is 2.27. The van der Waals surface area contributed by atoms with Crippen molar-refractivity contribution in [2.75, 3.05) is 33.4 Å². The molecule has 0 spiro atoms. The minimum atomic E-state index is 0.0668. The largest absolute Gasteiger partial charge is 0.383 e. The van der Waals surface area contributed by atoms with Gasteiger partial charge in [-0.2, -0.15) is 0 Å². The van der Waals surface area contributed by atoms with E-state index < -0.39 is 0 Å². The zero-order valence-electron chi connectivity index (χ0n) is 11.9. The van der Waals surface area contributed by atoms with Gasteiger partial charge in [0.1, 0.15) is 0 Å². The van der Waals surface area contributed by atoms with Gasteiger partial charge in [-0.05, 0) is 44.7 Å². The molecule has 1 aliphatic rings. The molecule has 2 atom stereocenters. The Balaban J connectivity index is 2.67. The number of hydrogen-bond acceptors (Lipinski definition) is 3. The van der Waals surface area contributed by atoms with Crippen LogP contribution in [0.3, 0.4) is 0 Å². The van der Waals surface area contributed by atoms with Gasteiger partial charge in [-0.3, -0.25) is 4.90 Å². The summed E-state index contributed by atoms with van der Waals surface area (Å²) in [6.45, 7) is 8.38. The highest BCUT2D eigenvalue weighted by atomic mass is 16.5. The van der Waals surface area contributed by atoms with E-state index in [0.717, 1.165) is 18.9 Å². The van der Waals surface area contributed by atoms with Gasteiger partial charge >= 0.3 is 0 Å². The van der Waals surface area contributed by atoms with E-state index in [1.54, 1.807) is 7.11 Å². The Bertz CT molecular complexity index is 204. The highest BCUT2D eigenvalue weighted by molar-refractivity contribution is 4.92. The van der Waals surface area contributed by atoms with Crippen molar-refractivity contribution in [1.82, 2.24) is 4.90 Å². The van der Waals surface area contributed by atoms with Gasteiger partial charge in [0.25, 0.3) is 0 Å². The van der Waals surface area contributed by atoms with Crippen LogP contribution in [0.4, 0.5) is 0 Å². The molecule has 3 heteroatoms. The lowest BCUT2D eigenvalue weighted by atomic mass is 9.94. The van der Waals surface area contributed by atoms with Crippen LogP contribution in [0.1, 0.15) is 46.0 Å². The van der Waals surface area contributed by atoms with Crippen molar-refractivity contribution in [3.05, 3.63) is 0 Å². The molecule has 0 radical (unpaired) electrons. The summed E-state index contributed by atoms with van der Waals surface area (Å²) in [7, 11) is 1.78. The average Bonchev–Trinajstić information content (AvgIpc) is 2.61. The molecule has 17 heavy (non-hydrogen) atoms. The summed E-state index contributed by atoms with van der Waals surface area (Å²) in [6, 6.07) is 0. The fourth-order valence-corrected chi connectivity index (χ4v) is 3.07. The van der Waals surface area contributed by atoms with Gasteiger partial charge in [0.15, 0.2) is 0 Å². The molecule has 0 aliphatic carbocycles. The SMILES string of the molecule is CCC1CCCN(C(CC)(CN)COC)CC1. The molecular formula is C14H30N2O. The normalized spacial score (nSPS) is 26.5. The number of nitrogens with zero attached hydrogens (tertiary/aromatic N) is 1. The number of ether oxygens (including phenoxy) is 1. The predicted octanol–water partition coefficient (Wildman–Crippen LogP) is 2.25. The molecule has 0 amide bonds. The zero-order valence-corrected chi connectivity index (χ0v) is 11.9. The molecule has 2 N–H and O–H groups in total. The Morgan fingerprint density at radius 2 is 2.06 bits per heavy atom. The molecule has 1 fully saturated rings. The summed E-state index contributed by atoms with van der Waals surface area (Å²) in [5.41, 5.74) is 6.10. The Labute approximate surface area is 107 Å². The third-order valence-corrected chi connectivity index (χ3v) is 4.55.